The third kappa shape index (κ3) is 2.38. The molecule has 0 aliphatic carbocycles. The Morgan fingerprint density at radius 2 is 2.05 bits per heavy atom. The lowest BCUT2D eigenvalue weighted by Gasteiger charge is -1.96. The Kier molecular flexibility index (Phi) is 3.19. The highest BCUT2D eigenvalue weighted by Crippen LogP contribution is 2.22. The quantitative estimate of drug-likeness (QED) is 0.774. The van der Waals surface area contributed by atoms with Crippen LogP contribution in [0, 0.1) is 0 Å². The number of carboxylic acid groups (broad SMARTS) is 1. The Bertz CT molecular complexity index is 777. The monoisotopic (exact) mass is 284 g/mol. The number of hydrogen-bond acceptors (Lipinski definition) is 5. The van der Waals surface area contributed by atoms with Gasteiger partial charge in [-0.1, -0.05) is 0 Å². The second-order valence-electron chi connectivity index (χ2n) is 4.27. The summed E-state index contributed by atoms with van der Waals surface area (Å²) in [4.78, 5) is 19.5. The fourth-order valence-corrected chi connectivity index (χ4v) is 1.91. The van der Waals surface area contributed by atoms with Gasteiger partial charge >= 0.3 is 5.97 Å². The number of carbonyl (C=O) groups is 1. The third-order valence-corrected chi connectivity index (χ3v) is 2.93. The second-order valence-corrected chi connectivity index (χ2v) is 4.27. The van der Waals surface area contributed by atoms with Crippen LogP contribution >= 0.6 is 0 Å². The van der Waals surface area contributed by atoms with E-state index in [0.717, 1.165) is 0 Å². The van der Waals surface area contributed by atoms with Crippen LogP contribution in [-0.4, -0.2) is 40.6 Å². The van der Waals surface area contributed by atoms with Crippen molar-refractivity contribution in [1.29, 1.82) is 0 Å². The van der Waals surface area contributed by atoms with Gasteiger partial charge in [-0.3, -0.25) is 4.68 Å². The Hall–Kier alpha value is -3.03. The van der Waals surface area contributed by atoms with Crippen LogP contribution < -0.4 is 0 Å². The van der Waals surface area contributed by atoms with Gasteiger partial charge in [0, 0.05) is 36.9 Å². The molecule has 1 N–H and O–H groups in total. The molecule has 0 unspecified atom stereocenters. The predicted octanol–water partition coefficient (Wildman–Crippen LogP) is 1.24. The zero-order chi connectivity index (χ0) is 14.8. The van der Waals surface area contributed by atoms with Crippen molar-refractivity contribution in [2.24, 2.45) is 0 Å². The molecular weight excluding hydrogens is 272 g/mol. The summed E-state index contributed by atoms with van der Waals surface area (Å²) in [5.41, 5.74) is 1.07. The van der Waals surface area contributed by atoms with E-state index in [2.05, 4.69) is 20.2 Å². The first kappa shape index (κ1) is 13.0. The molecule has 3 rings (SSSR count). The van der Waals surface area contributed by atoms with Crippen LogP contribution in [0.3, 0.4) is 0 Å². The second kappa shape index (κ2) is 5.16. The van der Waals surface area contributed by atoms with Crippen molar-refractivity contribution in [2.45, 2.75) is 13.5 Å². The molecule has 0 saturated heterocycles. The third-order valence-electron chi connectivity index (χ3n) is 2.93. The van der Waals surface area contributed by atoms with Crippen molar-refractivity contribution in [3.8, 4) is 17.2 Å². The summed E-state index contributed by atoms with van der Waals surface area (Å²) >= 11 is 0. The van der Waals surface area contributed by atoms with E-state index in [-0.39, 0.29) is 5.56 Å². The van der Waals surface area contributed by atoms with Crippen molar-refractivity contribution >= 4 is 5.97 Å². The first-order valence-corrected chi connectivity index (χ1v) is 6.32. The van der Waals surface area contributed by atoms with Crippen molar-refractivity contribution in [2.75, 3.05) is 0 Å². The normalized spacial score (nSPS) is 10.7. The van der Waals surface area contributed by atoms with Crippen LogP contribution in [0.15, 0.2) is 37.1 Å². The number of nitrogens with zero attached hydrogens (tertiary/aromatic N) is 6. The maximum atomic E-state index is 11.4. The summed E-state index contributed by atoms with van der Waals surface area (Å²) < 4.78 is 3.06. The minimum atomic E-state index is -1.06. The Balaban J connectivity index is 2.11. The fourth-order valence-electron chi connectivity index (χ4n) is 1.91. The van der Waals surface area contributed by atoms with Crippen molar-refractivity contribution in [1.82, 2.24) is 29.5 Å². The van der Waals surface area contributed by atoms with Gasteiger partial charge in [-0.25, -0.2) is 19.4 Å². The largest absolute Gasteiger partial charge is 0.478 e. The van der Waals surface area contributed by atoms with Crippen LogP contribution in [0.4, 0.5) is 0 Å². The van der Waals surface area contributed by atoms with Gasteiger partial charge in [-0.05, 0) is 13.0 Å². The van der Waals surface area contributed by atoms with Gasteiger partial charge in [0.05, 0.1) is 6.20 Å². The van der Waals surface area contributed by atoms with Crippen molar-refractivity contribution < 1.29 is 9.90 Å². The number of aromatic nitrogens is 6. The van der Waals surface area contributed by atoms with Crippen LogP contribution in [0.25, 0.3) is 17.2 Å². The Morgan fingerprint density at radius 3 is 2.67 bits per heavy atom. The van der Waals surface area contributed by atoms with Crippen LogP contribution in [-0.2, 0) is 6.54 Å². The fraction of sp³-hybridized carbons (Fsp3) is 0.154. The van der Waals surface area contributed by atoms with Gasteiger partial charge in [-0.15, -0.1) is 0 Å². The minimum Gasteiger partial charge on any atom is -0.478 e. The van der Waals surface area contributed by atoms with E-state index >= 15 is 0 Å². The van der Waals surface area contributed by atoms with Crippen LogP contribution in [0.1, 0.15) is 17.3 Å². The van der Waals surface area contributed by atoms with E-state index in [1.807, 2.05) is 6.92 Å². The molecule has 0 saturated carbocycles. The van der Waals surface area contributed by atoms with Crippen LogP contribution in [0.5, 0.6) is 0 Å². The SMILES string of the molecule is CCn1cc(-c2nn(-c3ncccn3)cc2C(=O)O)cn1. The maximum Gasteiger partial charge on any atom is 0.339 e. The molecule has 3 heterocycles. The van der Waals surface area contributed by atoms with Crippen molar-refractivity contribution in [3.05, 3.63) is 42.6 Å². The van der Waals surface area contributed by atoms with Gasteiger partial charge in [-0.2, -0.15) is 10.2 Å². The molecule has 8 heteroatoms. The molecule has 0 amide bonds. The average molecular weight is 284 g/mol. The van der Waals surface area contributed by atoms with E-state index in [4.69, 9.17) is 0 Å². The molecule has 0 bridgehead atoms. The lowest BCUT2D eigenvalue weighted by atomic mass is 10.1. The molecule has 0 aromatic carbocycles. The van der Waals surface area contributed by atoms with E-state index < -0.39 is 5.97 Å². The van der Waals surface area contributed by atoms with Gasteiger partial charge in [0.2, 0.25) is 5.95 Å². The summed E-state index contributed by atoms with van der Waals surface area (Å²) in [5, 5.41) is 17.7. The summed E-state index contributed by atoms with van der Waals surface area (Å²) in [6.45, 7) is 2.65. The van der Waals surface area contributed by atoms with E-state index in [1.165, 1.54) is 10.9 Å². The Labute approximate surface area is 119 Å². The van der Waals surface area contributed by atoms with E-state index in [9.17, 15) is 9.90 Å². The summed E-state index contributed by atoms with van der Waals surface area (Å²) in [6.07, 6.45) is 7.88. The number of aromatic carboxylic acids is 1. The van der Waals surface area contributed by atoms with Gasteiger partial charge in [0.15, 0.2) is 0 Å². The molecule has 0 fully saturated rings. The maximum absolute atomic E-state index is 11.4. The molecule has 8 nitrogen and oxygen atoms in total. The highest BCUT2D eigenvalue weighted by atomic mass is 16.4. The highest BCUT2D eigenvalue weighted by molar-refractivity contribution is 5.94. The predicted molar refractivity (Wildman–Crippen MR) is 73.0 cm³/mol. The average Bonchev–Trinajstić information content (AvgIpc) is 3.14. The molecule has 0 spiro atoms. The standard InChI is InChI=1S/C13H12N6O2/c1-2-18-7-9(6-16-18)11-10(12(20)21)8-19(17-11)13-14-4-3-5-15-13/h3-8H,2H2,1H3,(H,20,21). The summed E-state index contributed by atoms with van der Waals surface area (Å²) in [5.74, 6) is -0.745. The van der Waals surface area contributed by atoms with Gasteiger partial charge in [0.25, 0.3) is 0 Å². The number of carboxylic acids is 1. The first-order valence-electron chi connectivity index (χ1n) is 6.32. The van der Waals surface area contributed by atoms with Crippen LogP contribution in [0.2, 0.25) is 0 Å². The molecule has 0 atom stereocenters. The molecule has 0 aliphatic heterocycles. The molecule has 3 aromatic rings. The molecule has 0 radical (unpaired) electrons. The lowest BCUT2D eigenvalue weighted by Crippen LogP contribution is -2.00. The van der Waals surface area contributed by atoms with Gasteiger partial charge in [0.1, 0.15) is 11.3 Å². The molecule has 0 aliphatic rings. The number of rotatable bonds is 4. The number of aryl methyl sites for hydroxylation is 1. The smallest absolute Gasteiger partial charge is 0.339 e. The molecule has 3 aromatic heterocycles. The lowest BCUT2D eigenvalue weighted by molar-refractivity contribution is 0.0697. The summed E-state index contributed by atoms with van der Waals surface area (Å²) in [7, 11) is 0. The van der Waals surface area contributed by atoms with Crippen molar-refractivity contribution in [3.63, 3.8) is 0 Å². The molecular formula is C13H12N6O2. The first-order chi connectivity index (χ1) is 10.2. The molecule has 21 heavy (non-hydrogen) atoms. The van der Waals surface area contributed by atoms with E-state index in [1.54, 1.807) is 35.5 Å². The number of hydrogen-bond donors (Lipinski definition) is 1. The van der Waals surface area contributed by atoms with Gasteiger partial charge < -0.3 is 5.11 Å². The zero-order valence-corrected chi connectivity index (χ0v) is 11.2. The minimum absolute atomic E-state index is 0.0816. The molecule has 106 valence electrons. The topological polar surface area (TPSA) is 98.7 Å². The van der Waals surface area contributed by atoms with E-state index in [0.29, 0.717) is 23.8 Å². The highest BCUT2D eigenvalue weighted by Gasteiger charge is 2.19. The summed E-state index contributed by atoms with van der Waals surface area (Å²) in [6, 6.07) is 1.68. The Morgan fingerprint density at radius 1 is 1.29 bits per heavy atom. The zero-order valence-electron chi connectivity index (χ0n) is 11.2.